The lowest BCUT2D eigenvalue weighted by Gasteiger charge is -2.12. The molecular formula is C14H15BrFNS. The van der Waals surface area contributed by atoms with Gasteiger partial charge in [-0.25, -0.2) is 9.37 Å². The minimum absolute atomic E-state index is 0.161. The molecule has 2 rings (SSSR count). The highest BCUT2D eigenvalue weighted by molar-refractivity contribution is 9.09. The van der Waals surface area contributed by atoms with Crippen LogP contribution >= 0.6 is 27.3 Å². The first-order valence-electron chi connectivity index (χ1n) is 5.89. The van der Waals surface area contributed by atoms with Gasteiger partial charge in [0.15, 0.2) is 0 Å². The average Bonchev–Trinajstić information content (AvgIpc) is 2.74. The van der Waals surface area contributed by atoms with Gasteiger partial charge in [0.1, 0.15) is 5.82 Å². The molecule has 0 saturated heterocycles. The van der Waals surface area contributed by atoms with Crippen molar-refractivity contribution in [1.82, 2.24) is 4.98 Å². The van der Waals surface area contributed by atoms with Crippen LogP contribution < -0.4 is 0 Å². The molecule has 1 aromatic carbocycles. The summed E-state index contributed by atoms with van der Waals surface area (Å²) in [6.07, 6.45) is 1.82. The number of halogens is 2. The van der Waals surface area contributed by atoms with E-state index >= 15 is 0 Å². The van der Waals surface area contributed by atoms with E-state index in [1.54, 1.807) is 23.5 Å². The van der Waals surface area contributed by atoms with Gasteiger partial charge in [0.25, 0.3) is 0 Å². The quantitative estimate of drug-likeness (QED) is 0.742. The van der Waals surface area contributed by atoms with Crippen LogP contribution in [0.2, 0.25) is 0 Å². The lowest BCUT2D eigenvalue weighted by molar-refractivity contribution is 0.580. The number of aromatic nitrogens is 1. The molecular weight excluding hydrogens is 313 g/mol. The zero-order valence-corrected chi connectivity index (χ0v) is 12.6. The SMILES string of the molecule is Cc1csc(CC(CBr)Cc2cccc(F)c2)n1. The molecule has 0 radical (unpaired) electrons. The normalized spacial score (nSPS) is 12.6. The summed E-state index contributed by atoms with van der Waals surface area (Å²) in [7, 11) is 0. The molecule has 4 heteroatoms. The number of thiazole rings is 1. The van der Waals surface area contributed by atoms with E-state index in [2.05, 4.69) is 26.3 Å². The molecule has 1 unspecified atom stereocenters. The van der Waals surface area contributed by atoms with E-state index in [-0.39, 0.29) is 5.82 Å². The largest absolute Gasteiger partial charge is 0.247 e. The summed E-state index contributed by atoms with van der Waals surface area (Å²) in [5.41, 5.74) is 2.13. The molecule has 0 aliphatic carbocycles. The fourth-order valence-electron chi connectivity index (χ4n) is 1.92. The minimum atomic E-state index is -0.161. The Labute approximate surface area is 119 Å². The molecule has 96 valence electrons. The molecule has 0 amide bonds. The molecule has 0 fully saturated rings. The van der Waals surface area contributed by atoms with E-state index in [1.165, 1.54) is 6.07 Å². The minimum Gasteiger partial charge on any atom is -0.247 e. The summed E-state index contributed by atoms with van der Waals surface area (Å²) in [6.45, 7) is 2.01. The molecule has 0 aliphatic rings. The van der Waals surface area contributed by atoms with Crippen molar-refractivity contribution in [3.63, 3.8) is 0 Å². The Morgan fingerprint density at radius 1 is 1.39 bits per heavy atom. The highest BCUT2D eigenvalue weighted by Crippen LogP contribution is 2.19. The highest BCUT2D eigenvalue weighted by Gasteiger charge is 2.12. The zero-order valence-electron chi connectivity index (χ0n) is 10.2. The van der Waals surface area contributed by atoms with Gasteiger partial charge in [0.2, 0.25) is 0 Å². The van der Waals surface area contributed by atoms with Gasteiger partial charge in [-0.15, -0.1) is 11.3 Å². The monoisotopic (exact) mass is 327 g/mol. The van der Waals surface area contributed by atoms with E-state index in [9.17, 15) is 4.39 Å². The van der Waals surface area contributed by atoms with Crippen LogP contribution in [0.15, 0.2) is 29.6 Å². The second-order valence-electron chi connectivity index (χ2n) is 4.44. The van der Waals surface area contributed by atoms with Crippen LogP contribution in [0, 0.1) is 18.7 Å². The molecule has 0 spiro atoms. The van der Waals surface area contributed by atoms with Crippen LogP contribution in [-0.2, 0) is 12.8 Å². The molecule has 0 N–H and O–H groups in total. The van der Waals surface area contributed by atoms with E-state index in [0.717, 1.165) is 34.4 Å². The van der Waals surface area contributed by atoms with E-state index in [0.29, 0.717) is 5.92 Å². The summed E-state index contributed by atoms with van der Waals surface area (Å²) in [5.74, 6) is 0.295. The van der Waals surface area contributed by atoms with Crippen molar-refractivity contribution in [2.24, 2.45) is 5.92 Å². The van der Waals surface area contributed by atoms with Crippen molar-refractivity contribution in [1.29, 1.82) is 0 Å². The molecule has 0 aliphatic heterocycles. The van der Waals surface area contributed by atoms with Crippen LogP contribution in [0.5, 0.6) is 0 Å². The van der Waals surface area contributed by atoms with Crippen LogP contribution in [0.4, 0.5) is 4.39 Å². The fourth-order valence-corrected chi connectivity index (χ4v) is 3.27. The van der Waals surface area contributed by atoms with Crippen LogP contribution in [-0.4, -0.2) is 10.3 Å². The van der Waals surface area contributed by atoms with Gasteiger partial charge < -0.3 is 0 Å². The third-order valence-corrected chi connectivity index (χ3v) is 4.67. The Hall–Kier alpha value is -0.740. The van der Waals surface area contributed by atoms with Crippen molar-refractivity contribution in [2.45, 2.75) is 19.8 Å². The molecule has 1 atom stereocenters. The Bertz CT molecular complexity index is 512. The lowest BCUT2D eigenvalue weighted by Crippen LogP contribution is -2.10. The second-order valence-corrected chi connectivity index (χ2v) is 6.03. The Morgan fingerprint density at radius 3 is 2.83 bits per heavy atom. The van der Waals surface area contributed by atoms with Crippen LogP contribution in [0.3, 0.4) is 0 Å². The van der Waals surface area contributed by atoms with Crippen molar-refractivity contribution in [2.75, 3.05) is 5.33 Å². The summed E-state index contributed by atoms with van der Waals surface area (Å²) >= 11 is 5.24. The molecule has 2 aromatic rings. The number of alkyl halides is 1. The molecule has 18 heavy (non-hydrogen) atoms. The highest BCUT2D eigenvalue weighted by atomic mass is 79.9. The maximum atomic E-state index is 13.1. The topological polar surface area (TPSA) is 12.9 Å². The Kier molecular flexibility index (Phi) is 4.89. The van der Waals surface area contributed by atoms with Gasteiger partial charge in [-0.05, 0) is 37.0 Å². The first-order valence-corrected chi connectivity index (χ1v) is 7.89. The standard InChI is InChI=1S/C14H15BrFNS/c1-10-9-18-14(17-10)7-12(8-15)5-11-3-2-4-13(16)6-11/h2-4,6,9,12H,5,7-8H2,1H3. The Morgan fingerprint density at radius 2 is 2.22 bits per heavy atom. The third kappa shape index (κ3) is 3.89. The Balaban J connectivity index is 2.01. The summed E-state index contributed by atoms with van der Waals surface area (Å²) in [4.78, 5) is 4.48. The number of benzene rings is 1. The maximum Gasteiger partial charge on any atom is 0.123 e. The van der Waals surface area contributed by atoms with Gasteiger partial charge in [-0.2, -0.15) is 0 Å². The van der Waals surface area contributed by atoms with E-state index in [1.807, 2.05) is 13.0 Å². The number of aryl methyl sites for hydroxylation is 1. The molecule has 1 nitrogen and oxygen atoms in total. The van der Waals surface area contributed by atoms with Crippen molar-refractivity contribution >= 4 is 27.3 Å². The second kappa shape index (κ2) is 6.43. The molecule has 0 bridgehead atoms. The zero-order chi connectivity index (χ0) is 13.0. The van der Waals surface area contributed by atoms with Crippen LogP contribution in [0.1, 0.15) is 16.3 Å². The van der Waals surface area contributed by atoms with Crippen molar-refractivity contribution in [3.8, 4) is 0 Å². The molecule has 1 heterocycles. The maximum absolute atomic E-state index is 13.1. The predicted octanol–water partition coefficient (Wildman–Crippen LogP) is 4.39. The first kappa shape index (κ1) is 13.7. The summed E-state index contributed by atoms with van der Waals surface area (Å²) in [5, 5.41) is 4.14. The average molecular weight is 328 g/mol. The predicted molar refractivity (Wildman–Crippen MR) is 77.9 cm³/mol. The summed E-state index contributed by atoms with van der Waals surface area (Å²) in [6, 6.07) is 6.84. The van der Waals surface area contributed by atoms with E-state index < -0.39 is 0 Å². The number of hydrogen-bond acceptors (Lipinski definition) is 2. The summed E-state index contributed by atoms with van der Waals surface area (Å²) < 4.78 is 13.1. The number of nitrogens with zero attached hydrogens (tertiary/aromatic N) is 1. The fraction of sp³-hybridized carbons (Fsp3) is 0.357. The van der Waals surface area contributed by atoms with Crippen molar-refractivity contribution in [3.05, 3.63) is 51.7 Å². The lowest BCUT2D eigenvalue weighted by atomic mass is 9.98. The van der Waals surface area contributed by atoms with Gasteiger partial charge in [-0.1, -0.05) is 28.1 Å². The molecule has 0 saturated carbocycles. The third-order valence-electron chi connectivity index (χ3n) is 2.76. The molecule has 1 aromatic heterocycles. The van der Waals surface area contributed by atoms with Gasteiger partial charge in [0.05, 0.1) is 5.01 Å². The van der Waals surface area contributed by atoms with E-state index in [4.69, 9.17) is 0 Å². The first-order chi connectivity index (χ1) is 8.67. The van der Waals surface area contributed by atoms with Crippen LogP contribution in [0.25, 0.3) is 0 Å². The van der Waals surface area contributed by atoms with Gasteiger partial charge in [-0.3, -0.25) is 0 Å². The van der Waals surface area contributed by atoms with Gasteiger partial charge >= 0.3 is 0 Å². The number of hydrogen-bond donors (Lipinski definition) is 0. The number of rotatable bonds is 5. The van der Waals surface area contributed by atoms with Gasteiger partial charge in [0, 0.05) is 22.8 Å². The smallest absolute Gasteiger partial charge is 0.123 e. The van der Waals surface area contributed by atoms with Crippen molar-refractivity contribution < 1.29 is 4.39 Å².